The third-order valence-electron chi connectivity index (χ3n) is 10.7. The van der Waals surface area contributed by atoms with E-state index in [9.17, 15) is 0 Å². The number of allylic oxidation sites excluding steroid dienone is 2. The highest BCUT2D eigenvalue weighted by Crippen LogP contribution is 2.37. The maximum absolute atomic E-state index is 5.35. The summed E-state index contributed by atoms with van der Waals surface area (Å²) < 4.78 is 0. The Morgan fingerprint density at radius 3 is 1.53 bits per heavy atom. The topological polar surface area (TPSA) is 50.7 Å². The van der Waals surface area contributed by atoms with E-state index in [0.717, 1.165) is 78.1 Å². The fraction of sp³-hybridized carbons (Fsp3) is 0.0185. The second-order valence-electron chi connectivity index (χ2n) is 14.5. The van der Waals surface area contributed by atoms with Crippen LogP contribution in [0, 0.1) is 0 Å². The Morgan fingerprint density at radius 1 is 0.362 bits per heavy atom. The fourth-order valence-corrected chi connectivity index (χ4v) is 7.73. The van der Waals surface area contributed by atoms with E-state index in [2.05, 4.69) is 193 Å². The van der Waals surface area contributed by atoms with Crippen molar-refractivity contribution in [1.29, 1.82) is 0 Å². The quantitative estimate of drug-likeness (QED) is 0.168. The van der Waals surface area contributed by atoms with Gasteiger partial charge in [0.1, 0.15) is 0 Å². The van der Waals surface area contributed by atoms with Crippen LogP contribution in [0.25, 0.3) is 89.4 Å². The molecule has 0 fully saturated rings. The first-order chi connectivity index (χ1) is 28.7. The SMILES string of the molecule is C1=CNC(c2cc(-c3cc(-c4ccc(-c5ccccc5)cc4)cc(-c4ccccc4)n3)cc(-c3nc(-c4ccccc4)c4ccc(-c5ccccc5)cc4n3)c2)C=C1. The van der Waals surface area contributed by atoms with E-state index >= 15 is 0 Å². The molecule has 0 saturated carbocycles. The number of dihydropyridines is 1. The molecule has 4 heteroatoms. The monoisotopic (exact) mass is 742 g/mol. The molecule has 0 spiro atoms. The molecule has 0 saturated heterocycles. The van der Waals surface area contributed by atoms with E-state index in [4.69, 9.17) is 15.0 Å². The van der Waals surface area contributed by atoms with Crippen molar-refractivity contribution in [3.63, 3.8) is 0 Å². The molecule has 1 atom stereocenters. The van der Waals surface area contributed by atoms with Gasteiger partial charge in [0.15, 0.2) is 5.82 Å². The molecule has 4 nitrogen and oxygen atoms in total. The van der Waals surface area contributed by atoms with Crippen molar-refractivity contribution in [2.45, 2.75) is 6.04 Å². The lowest BCUT2D eigenvalue weighted by atomic mass is 9.94. The van der Waals surface area contributed by atoms with Crippen LogP contribution in [-0.4, -0.2) is 15.0 Å². The van der Waals surface area contributed by atoms with Crippen LogP contribution in [0.1, 0.15) is 11.6 Å². The van der Waals surface area contributed by atoms with Crippen molar-refractivity contribution < 1.29 is 0 Å². The number of hydrogen-bond donors (Lipinski definition) is 1. The van der Waals surface area contributed by atoms with Crippen molar-refractivity contribution in [1.82, 2.24) is 20.3 Å². The van der Waals surface area contributed by atoms with Crippen LogP contribution in [0.2, 0.25) is 0 Å². The molecule has 1 N–H and O–H groups in total. The first-order valence-electron chi connectivity index (χ1n) is 19.6. The minimum atomic E-state index is -0.0373. The molecule has 274 valence electrons. The van der Waals surface area contributed by atoms with Gasteiger partial charge in [0.05, 0.1) is 28.6 Å². The number of fused-ring (bicyclic) bond motifs is 1. The Kier molecular flexibility index (Phi) is 9.26. The van der Waals surface area contributed by atoms with Gasteiger partial charge in [-0.3, -0.25) is 0 Å². The molecule has 0 amide bonds. The minimum absolute atomic E-state index is 0.0373. The van der Waals surface area contributed by atoms with Crippen molar-refractivity contribution in [3.05, 3.63) is 224 Å². The number of benzene rings is 7. The zero-order valence-corrected chi connectivity index (χ0v) is 31.7. The minimum Gasteiger partial charge on any atom is -0.381 e. The van der Waals surface area contributed by atoms with Crippen LogP contribution < -0.4 is 5.32 Å². The number of nitrogens with one attached hydrogen (secondary N) is 1. The van der Waals surface area contributed by atoms with Crippen molar-refractivity contribution >= 4 is 10.9 Å². The molecular formula is C54H38N4. The van der Waals surface area contributed by atoms with Crippen LogP contribution in [0.3, 0.4) is 0 Å². The lowest BCUT2D eigenvalue weighted by molar-refractivity contribution is 0.747. The predicted molar refractivity (Wildman–Crippen MR) is 240 cm³/mol. The Balaban J connectivity index is 1.16. The van der Waals surface area contributed by atoms with Gasteiger partial charge in [-0.05, 0) is 93.7 Å². The molecule has 9 aromatic rings. The molecule has 0 aliphatic carbocycles. The molecule has 58 heavy (non-hydrogen) atoms. The summed E-state index contributed by atoms with van der Waals surface area (Å²) >= 11 is 0. The lowest BCUT2D eigenvalue weighted by Crippen LogP contribution is -2.15. The Hall–Kier alpha value is -7.69. The highest BCUT2D eigenvalue weighted by atomic mass is 14.9. The second-order valence-corrected chi connectivity index (χ2v) is 14.5. The first kappa shape index (κ1) is 34.8. The molecule has 1 aliphatic rings. The lowest BCUT2D eigenvalue weighted by Gasteiger charge is -2.19. The van der Waals surface area contributed by atoms with Gasteiger partial charge in [0.25, 0.3) is 0 Å². The number of rotatable bonds is 8. The van der Waals surface area contributed by atoms with Gasteiger partial charge in [-0.15, -0.1) is 0 Å². The maximum atomic E-state index is 5.35. The Bertz CT molecular complexity index is 2940. The smallest absolute Gasteiger partial charge is 0.160 e. The van der Waals surface area contributed by atoms with Crippen LogP contribution in [0.4, 0.5) is 0 Å². The van der Waals surface area contributed by atoms with E-state index in [1.54, 1.807) is 0 Å². The molecule has 0 radical (unpaired) electrons. The summed E-state index contributed by atoms with van der Waals surface area (Å²) in [5, 5.41) is 4.56. The summed E-state index contributed by atoms with van der Waals surface area (Å²) in [4.78, 5) is 16.0. The van der Waals surface area contributed by atoms with Crippen LogP contribution in [0.15, 0.2) is 219 Å². The van der Waals surface area contributed by atoms with E-state index < -0.39 is 0 Å². The molecule has 1 aliphatic heterocycles. The predicted octanol–water partition coefficient (Wildman–Crippen LogP) is 13.4. The van der Waals surface area contributed by atoms with Crippen LogP contribution in [0.5, 0.6) is 0 Å². The van der Waals surface area contributed by atoms with Gasteiger partial charge in [-0.25, -0.2) is 15.0 Å². The van der Waals surface area contributed by atoms with Gasteiger partial charge in [0.2, 0.25) is 0 Å². The van der Waals surface area contributed by atoms with Gasteiger partial charge in [-0.2, -0.15) is 0 Å². The normalized spacial score (nSPS) is 13.3. The summed E-state index contributed by atoms with van der Waals surface area (Å²) in [7, 11) is 0. The molecular weight excluding hydrogens is 705 g/mol. The summed E-state index contributed by atoms with van der Waals surface area (Å²) in [5.41, 5.74) is 15.5. The van der Waals surface area contributed by atoms with Crippen molar-refractivity contribution in [2.75, 3.05) is 0 Å². The molecule has 3 heterocycles. The molecule has 2 aromatic heterocycles. The number of aromatic nitrogens is 3. The highest BCUT2D eigenvalue weighted by molar-refractivity contribution is 5.96. The van der Waals surface area contributed by atoms with Gasteiger partial charge in [-0.1, -0.05) is 164 Å². The van der Waals surface area contributed by atoms with E-state index in [1.807, 2.05) is 30.5 Å². The van der Waals surface area contributed by atoms with Gasteiger partial charge >= 0.3 is 0 Å². The zero-order chi connectivity index (χ0) is 38.7. The molecule has 0 bridgehead atoms. The van der Waals surface area contributed by atoms with Crippen LogP contribution in [-0.2, 0) is 0 Å². The van der Waals surface area contributed by atoms with E-state index in [0.29, 0.717) is 5.82 Å². The largest absolute Gasteiger partial charge is 0.381 e. The standard InChI is InChI=1S/C54H38N4/c1-5-15-37(16-6-1)39-24-26-40(27-25-39)44-35-50(41-19-9-3-10-20-41)56-51(36-44)46-31-45(49-23-13-14-30-55-49)32-47(33-46)54-57-52-34-43(38-17-7-2-8-18-38)28-29-48(52)53(58-54)42-21-11-4-12-22-42/h1-36,49,55H. The highest BCUT2D eigenvalue weighted by Gasteiger charge is 2.18. The van der Waals surface area contributed by atoms with E-state index in [1.165, 1.54) is 11.1 Å². The number of hydrogen-bond acceptors (Lipinski definition) is 4. The van der Waals surface area contributed by atoms with E-state index in [-0.39, 0.29) is 6.04 Å². The average molecular weight is 743 g/mol. The first-order valence-corrected chi connectivity index (χ1v) is 19.6. The maximum Gasteiger partial charge on any atom is 0.160 e. The number of pyridine rings is 1. The van der Waals surface area contributed by atoms with Gasteiger partial charge in [0, 0.05) is 27.6 Å². The van der Waals surface area contributed by atoms with Gasteiger partial charge < -0.3 is 5.32 Å². The third-order valence-corrected chi connectivity index (χ3v) is 10.7. The van der Waals surface area contributed by atoms with Crippen LogP contribution >= 0.6 is 0 Å². The second kappa shape index (κ2) is 15.4. The fourth-order valence-electron chi connectivity index (χ4n) is 7.73. The summed E-state index contributed by atoms with van der Waals surface area (Å²) in [6, 6.07) is 68.1. The summed E-state index contributed by atoms with van der Waals surface area (Å²) in [5.74, 6) is 0.658. The third kappa shape index (κ3) is 7.11. The summed E-state index contributed by atoms with van der Waals surface area (Å²) in [6.07, 6.45) is 8.28. The summed E-state index contributed by atoms with van der Waals surface area (Å²) in [6.45, 7) is 0. The molecule has 7 aromatic carbocycles. The Morgan fingerprint density at radius 2 is 0.897 bits per heavy atom. The van der Waals surface area contributed by atoms with Crippen molar-refractivity contribution in [3.8, 4) is 78.5 Å². The Labute approximate surface area is 338 Å². The van der Waals surface area contributed by atoms with Crippen molar-refractivity contribution in [2.24, 2.45) is 0 Å². The average Bonchev–Trinajstić information content (AvgIpc) is 3.32. The molecule has 10 rings (SSSR count). The number of nitrogens with zero attached hydrogens (tertiary/aromatic N) is 3. The molecule has 1 unspecified atom stereocenters. The zero-order valence-electron chi connectivity index (χ0n) is 31.7.